The number of benzene rings is 1. The third-order valence-electron chi connectivity index (χ3n) is 5.18. The minimum Gasteiger partial charge on any atom is -0.373 e. The number of nitrogens with zero attached hydrogens (tertiary/aromatic N) is 2. The van der Waals surface area contributed by atoms with Crippen LogP contribution in [0.3, 0.4) is 0 Å². The molecule has 0 aliphatic carbocycles. The van der Waals surface area contributed by atoms with Crippen LogP contribution in [0, 0.1) is 0 Å². The van der Waals surface area contributed by atoms with Gasteiger partial charge in [0, 0.05) is 46.3 Å². The number of amides is 1. The molecule has 2 aliphatic rings. The fraction of sp³-hybridized carbons (Fsp3) is 0.600. The number of aliphatic imine (C=N–C) groups is 1. The van der Waals surface area contributed by atoms with Crippen molar-refractivity contribution >= 4 is 11.9 Å². The van der Waals surface area contributed by atoms with E-state index < -0.39 is 0 Å². The second-order valence-electron chi connectivity index (χ2n) is 7.42. The minimum atomic E-state index is -0.0910. The van der Waals surface area contributed by atoms with Crippen molar-refractivity contribution < 1.29 is 9.53 Å². The van der Waals surface area contributed by atoms with Crippen molar-refractivity contribution in [1.82, 2.24) is 15.5 Å². The summed E-state index contributed by atoms with van der Waals surface area (Å²) in [6, 6.07) is 8.42. The molecule has 26 heavy (non-hydrogen) atoms. The zero-order valence-corrected chi connectivity index (χ0v) is 15.9. The van der Waals surface area contributed by atoms with Crippen LogP contribution in [0.15, 0.2) is 29.3 Å². The molecule has 142 valence electrons. The van der Waals surface area contributed by atoms with E-state index in [1.807, 2.05) is 4.90 Å². The number of guanidine groups is 1. The maximum absolute atomic E-state index is 11.7. The molecule has 1 atom stereocenters. The van der Waals surface area contributed by atoms with E-state index in [2.05, 4.69) is 46.8 Å². The third kappa shape index (κ3) is 4.97. The Kier molecular flexibility index (Phi) is 6.14. The Morgan fingerprint density at radius 2 is 2.00 bits per heavy atom. The topological polar surface area (TPSA) is 66.0 Å². The average Bonchev–Trinajstić information content (AvgIpc) is 3.26. The standard InChI is InChI=1S/C20H30N4O2/c1-20(10-4-12-26-20)15-23-19(21-2)22-13-16-6-8-17(9-7-16)14-24-11-3-5-18(24)25/h6-9H,3-5,10-15H2,1-2H3,(H2,21,22,23). The molecule has 1 aromatic carbocycles. The smallest absolute Gasteiger partial charge is 0.222 e. The number of hydrogen-bond acceptors (Lipinski definition) is 3. The number of ether oxygens (including phenoxy) is 1. The van der Waals surface area contributed by atoms with Gasteiger partial charge in [0.05, 0.1) is 5.60 Å². The van der Waals surface area contributed by atoms with Crippen LogP contribution in [0.25, 0.3) is 0 Å². The maximum atomic E-state index is 11.7. The zero-order chi connectivity index (χ0) is 18.4. The van der Waals surface area contributed by atoms with Gasteiger partial charge in [-0.3, -0.25) is 9.79 Å². The minimum absolute atomic E-state index is 0.0910. The second-order valence-corrected chi connectivity index (χ2v) is 7.42. The normalized spacial score (nSPS) is 23.5. The highest BCUT2D eigenvalue weighted by Gasteiger charge is 2.29. The van der Waals surface area contributed by atoms with Crippen molar-refractivity contribution in [3.8, 4) is 0 Å². The van der Waals surface area contributed by atoms with Gasteiger partial charge in [0.15, 0.2) is 5.96 Å². The molecule has 1 aromatic rings. The Balaban J connectivity index is 1.45. The van der Waals surface area contributed by atoms with Gasteiger partial charge in [-0.15, -0.1) is 0 Å². The number of likely N-dealkylation sites (tertiary alicyclic amines) is 1. The zero-order valence-electron chi connectivity index (χ0n) is 15.9. The van der Waals surface area contributed by atoms with E-state index in [9.17, 15) is 4.79 Å². The molecule has 1 unspecified atom stereocenters. The highest BCUT2D eigenvalue weighted by molar-refractivity contribution is 5.79. The van der Waals surface area contributed by atoms with Gasteiger partial charge in [-0.05, 0) is 37.3 Å². The van der Waals surface area contributed by atoms with Crippen LogP contribution >= 0.6 is 0 Å². The van der Waals surface area contributed by atoms with Crippen molar-refractivity contribution in [3.05, 3.63) is 35.4 Å². The molecular formula is C20H30N4O2. The van der Waals surface area contributed by atoms with Crippen LogP contribution in [0.4, 0.5) is 0 Å². The molecular weight excluding hydrogens is 328 g/mol. The summed E-state index contributed by atoms with van der Waals surface area (Å²) >= 11 is 0. The van der Waals surface area contributed by atoms with Gasteiger partial charge in [0.2, 0.25) is 5.91 Å². The molecule has 6 heteroatoms. The molecule has 1 amide bonds. The largest absolute Gasteiger partial charge is 0.373 e. The van der Waals surface area contributed by atoms with E-state index in [-0.39, 0.29) is 11.5 Å². The van der Waals surface area contributed by atoms with Crippen molar-refractivity contribution in [2.45, 2.75) is 51.3 Å². The molecule has 2 aliphatic heterocycles. The van der Waals surface area contributed by atoms with Crippen molar-refractivity contribution in [1.29, 1.82) is 0 Å². The molecule has 3 rings (SSSR count). The predicted octanol–water partition coefficient (Wildman–Crippen LogP) is 2.04. The van der Waals surface area contributed by atoms with E-state index in [1.165, 1.54) is 11.1 Å². The van der Waals surface area contributed by atoms with Crippen LogP contribution in [0.2, 0.25) is 0 Å². The Labute approximate surface area is 156 Å². The monoisotopic (exact) mass is 358 g/mol. The second kappa shape index (κ2) is 8.54. The lowest BCUT2D eigenvalue weighted by Crippen LogP contribution is -2.45. The van der Waals surface area contributed by atoms with Gasteiger partial charge in [0.25, 0.3) is 0 Å². The van der Waals surface area contributed by atoms with Crippen LogP contribution < -0.4 is 10.6 Å². The lowest BCUT2D eigenvalue weighted by atomic mass is 10.0. The molecule has 0 spiro atoms. The quantitative estimate of drug-likeness (QED) is 0.603. The molecule has 2 fully saturated rings. The van der Waals surface area contributed by atoms with Crippen LogP contribution in [-0.2, 0) is 22.6 Å². The summed E-state index contributed by atoms with van der Waals surface area (Å²) in [6.45, 7) is 6.06. The Morgan fingerprint density at radius 1 is 1.23 bits per heavy atom. The summed E-state index contributed by atoms with van der Waals surface area (Å²) in [4.78, 5) is 17.9. The molecule has 2 saturated heterocycles. The highest BCUT2D eigenvalue weighted by atomic mass is 16.5. The van der Waals surface area contributed by atoms with Gasteiger partial charge in [-0.25, -0.2) is 0 Å². The SMILES string of the molecule is CN=C(NCc1ccc(CN2CCCC2=O)cc1)NCC1(C)CCCO1. The summed E-state index contributed by atoms with van der Waals surface area (Å²) in [5.41, 5.74) is 2.28. The lowest BCUT2D eigenvalue weighted by Gasteiger charge is -2.24. The average molecular weight is 358 g/mol. The Morgan fingerprint density at radius 3 is 2.62 bits per heavy atom. The van der Waals surface area contributed by atoms with Crippen molar-refractivity contribution in [2.24, 2.45) is 4.99 Å². The summed E-state index contributed by atoms with van der Waals surface area (Å²) < 4.78 is 5.80. The predicted molar refractivity (Wildman–Crippen MR) is 103 cm³/mol. The van der Waals surface area contributed by atoms with E-state index in [4.69, 9.17) is 4.74 Å². The molecule has 0 radical (unpaired) electrons. The molecule has 0 aromatic heterocycles. The highest BCUT2D eigenvalue weighted by Crippen LogP contribution is 2.23. The number of carbonyl (C=O) groups is 1. The van der Waals surface area contributed by atoms with Gasteiger partial charge >= 0.3 is 0 Å². The van der Waals surface area contributed by atoms with Crippen molar-refractivity contribution in [2.75, 3.05) is 26.7 Å². The molecule has 0 saturated carbocycles. The molecule has 2 heterocycles. The van der Waals surface area contributed by atoms with Gasteiger partial charge < -0.3 is 20.3 Å². The maximum Gasteiger partial charge on any atom is 0.222 e. The number of rotatable bonds is 6. The first kappa shape index (κ1) is 18.7. The van der Waals surface area contributed by atoms with Gasteiger partial charge in [-0.2, -0.15) is 0 Å². The van der Waals surface area contributed by atoms with E-state index >= 15 is 0 Å². The molecule has 2 N–H and O–H groups in total. The number of nitrogens with one attached hydrogen (secondary N) is 2. The van der Waals surface area contributed by atoms with Crippen LogP contribution in [0.5, 0.6) is 0 Å². The Hall–Kier alpha value is -2.08. The molecule has 6 nitrogen and oxygen atoms in total. The van der Waals surface area contributed by atoms with Gasteiger partial charge in [0.1, 0.15) is 0 Å². The fourth-order valence-electron chi connectivity index (χ4n) is 3.51. The summed E-state index contributed by atoms with van der Waals surface area (Å²) in [6.07, 6.45) is 3.88. The first-order chi connectivity index (χ1) is 12.6. The number of carbonyl (C=O) groups excluding carboxylic acids is 1. The van der Waals surface area contributed by atoms with E-state index in [1.54, 1.807) is 7.05 Å². The summed E-state index contributed by atoms with van der Waals surface area (Å²) in [7, 11) is 1.78. The van der Waals surface area contributed by atoms with Crippen molar-refractivity contribution in [3.63, 3.8) is 0 Å². The van der Waals surface area contributed by atoms with E-state index in [0.29, 0.717) is 19.5 Å². The van der Waals surface area contributed by atoms with Crippen LogP contribution in [0.1, 0.15) is 43.7 Å². The summed E-state index contributed by atoms with van der Waals surface area (Å²) in [5.74, 6) is 1.05. The number of hydrogen-bond donors (Lipinski definition) is 2. The summed E-state index contributed by atoms with van der Waals surface area (Å²) in [5, 5.41) is 6.70. The third-order valence-corrected chi connectivity index (χ3v) is 5.18. The Bertz CT molecular complexity index is 636. The first-order valence-electron chi connectivity index (χ1n) is 9.52. The fourth-order valence-corrected chi connectivity index (χ4v) is 3.51. The van der Waals surface area contributed by atoms with Gasteiger partial charge in [-0.1, -0.05) is 24.3 Å². The first-order valence-corrected chi connectivity index (χ1v) is 9.52. The lowest BCUT2D eigenvalue weighted by molar-refractivity contribution is -0.128. The molecule has 0 bridgehead atoms. The van der Waals surface area contributed by atoms with Crippen LogP contribution in [-0.4, -0.2) is 49.1 Å². The van der Waals surface area contributed by atoms with E-state index in [0.717, 1.165) is 44.9 Å².